The number of rotatable bonds is 2. The van der Waals surface area contributed by atoms with Crippen molar-refractivity contribution in [2.75, 3.05) is 0 Å². The van der Waals surface area contributed by atoms with E-state index in [2.05, 4.69) is 9.40 Å². The number of fused-ring (bicyclic) bond motifs is 1. The molecule has 0 saturated heterocycles. The van der Waals surface area contributed by atoms with Crippen LogP contribution < -0.4 is 0 Å². The first-order valence-electron chi connectivity index (χ1n) is 4.05. The average molecular weight is 211 g/mol. The normalized spacial score (nSPS) is 12.9. The van der Waals surface area contributed by atoms with Gasteiger partial charge in [0.05, 0.1) is 0 Å². The summed E-state index contributed by atoms with van der Waals surface area (Å²) in [5.74, 6) is -1.43. The number of aromatic nitrogens is 1. The molecule has 1 aromatic carbocycles. The van der Waals surface area contributed by atoms with Gasteiger partial charge in [-0.2, -0.15) is 4.98 Å². The van der Waals surface area contributed by atoms with Gasteiger partial charge in [0, 0.05) is 5.56 Å². The first-order valence-corrected chi connectivity index (χ1v) is 4.05. The van der Waals surface area contributed by atoms with E-state index in [1.165, 1.54) is 18.2 Å². The molecule has 78 valence electrons. The number of nitrogens with zero attached hydrogens (tertiary/aromatic N) is 1. The number of para-hydroxylation sites is 1. The molecular weight excluding hydrogens is 205 g/mol. The van der Waals surface area contributed by atoms with E-state index in [9.17, 15) is 14.3 Å². The molecule has 5 nitrogen and oxygen atoms in total. The van der Waals surface area contributed by atoms with E-state index in [1.807, 2.05) is 0 Å². The molecule has 6 heteroatoms. The number of oxazole rings is 1. The van der Waals surface area contributed by atoms with Crippen LogP contribution in [0.5, 0.6) is 0 Å². The molecule has 15 heavy (non-hydrogen) atoms. The van der Waals surface area contributed by atoms with Gasteiger partial charge in [-0.1, -0.05) is 12.1 Å². The van der Waals surface area contributed by atoms with Crippen LogP contribution in [0, 0.1) is 6.14 Å². The lowest BCUT2D eigenvalue weighted by molar-refractivity contribution is -0.146. The second-order valence-electron chi connectivity index (χ2n) is 2.90. The minimum Gasteiger partial charge on any atom is -0.479 e. The highest BCUT2D eigenvalue weighted by molar-refractivity contribution is 5.84. The monoisotopic (exact) mass is 211 g/mol. The quantitative estimate of drug-likeness (QED) is 0.776. The van der Waals surface area contributed by atoms with Crippen molar-refractivity contribution in [3.63, 3.8) is 0 Å². The SMILES string of the molecule is O=C(O)C(O)c1cccc2oc(F)nc12. The summed E-state index contributed by atoms with van der Waals surface area (Å²) in [5.41, 5.74) is 0.128. The van der Waals surface area contributed by atoms with E-state index in [-0.39, 0.29) is 16.7 Å². The van der Waals surface area contributed by atoms with Crippen molar-refractivity contribution < 1.29 is 23.8 Å². The standard InChI is InChI=1S/C9H6FNO4/c10-9-11-6-4(7(12)8(13)14)2-1-3-5(6)15-9/h1-3,7,12H,(H,13,14). The van der Waals surface area contributed by atoms with Crippen molar-refractivity contribution in [1.82, 2.24) is 4.98 Å². The topological polar surface area (TPSA) is 83.6 Å². The highest BCUT2D eigenvalue weighted by atomic mass is 19.1. The predicted octanol–water partition coefficient (Wildman–Crippen LogP) is 1.08. The lowest BCUT2D eigenvalue weighted by atomic mass is 10.1. The number of aliphatic hydroxyl groups is 1. The lowest BCUT2D eigenvalue weighted by Crippen LogP contribution is -2.10. The van der Waals surface area contributed by atoms with Crippen LogP contribution in [-0.4, -0.2) is 21.2 Å². The molecule has 2 rings (SSSR count). The molecule has 0 fully saturated rings. The van der Waals surface area contributed by atoms with Crippen LogP contribution in [0.2, 0.25) is 0 Å². The van der Waals surface area contributed by atoms with Crippen molar-refractivity contribution in [3.8, 4) is 0 Å². The van der Waals surface area contributed by atoms with Crippen LogP contribution in [-0.2, 0) is 4.79 Å². The summed E-state index contributed by atoms with van der Waals surface area (Å²) in [6.07, 6.45) is -2.80. The molecule has 1 heterocycles. The lowest BCUT2D eigenvalue weighted by Gasteiger charge is -2.04. The Kier molecular flexibility index (Phi) is 2.12. The molecule has 0 saturated carbocycles. The summed E-state index contributed by atoms with van der Waals surface area (Å²) in [6.45, 7) is 0. The second-order valence-corrected chi connectivity index (χ2v) is 2.90. The smallest absolute Gasteiger partial charge is 0.382 e. The Labute approximate surface area is 82.8 Å². The Hall–Kier alpha value is -1.95. The molecule has 0 aliphatic carbocycles. The van der Waals surface area contributed by atoms with Gasteiger partial charge in [-0.25, -0.2) is 4.79 Å². The maximum absolute atomic E-state index is 12.7. The summed E-state index contributed by atoms with van der Waals surface area (Å²) < 4.78 is 17.2. The van der Waals surface area contributed by atoms with Crippen LogP contribution in [0.4, 0.5) is 4.39 Å². The van der Waals surface area contributed by atoms with Gasteiger partial charge in [0.25, 0.3) is 0 Å². The van der Waals surface area contributed by atoms with Gasteiger partial charge >= 0.3 is 12.1 Å². The summed E-state index contributed by atoms with van der Waals surface area (Å²) in [5, 5.41) is 17.9. The number of benzene rings is 1. The largest absolute Gasteiger partial charge is 0.479 e. The van der Waals surface area contributed by atoms with Crippen LogP contribution in [0.1, 0.15) is 11.7 Å². The number of carboxylic acids is 1. The molecule has 0 amide bonds. The van der Waals surface area contributed by atoms with Crippen molar-refractivity contribution in [2.24, 2.45) is 0 Å². The Morgan fingerprint density at radius 1 is 1.53 bits per heavy atom. The van der Waals surface area contributed by atoms with Crippen molar-refractivity contribution in [2.45, 2.75) is 6.10 Å². The van der Waals surface area contributed by atoms with Gasteiger partial charge in [0.2, 0.25) is 0 Å². The number of carboxylic acid groups (broad SMARTS) is 1. The van der Waals surface area contributed by atoms with E-state index in [0.717, 1.165) is 0 Å². The fraction of sp³-hybridized carbons (Fsp3) is 0.111. The third-order valence-electron chi connectivity index (χ3n) is 1.95. The Morgan fingerprint density at radius 3 is 2.93 bits per heavy atom. The zero-order valence-electron chi connectivity index (χ0n) is 7.35. The van der Waals surface area contributed by atoms with E-state index < -0.39 is 18.2 Å². The number of hydrogen-bond acceptors (Lipinski definition) is 4. The summed E-state index contributed by atoms with van der Waals surface area (Å²) >= 11 is 0. The van der Waals surface area contributed by atoms with Crippen LogP contribution in [0.25, 0.3) is 11.1 Å². The molecule has 2 aromatic rings. The minimum atomic E-state index is -1.74. The molecule has 1 aromatic heterocycles. The summed E-state index contributed by atoms with van der Waals surface area (Å²) in [7, 11) is 0. The highest BCUT2D eigenvalue weighted by Gasteiger charge is 2.21. The second kappa shape index (κ2) is 3.32. The molecule has 2 N–H and O–H groups in total. The van der Waals surface area contributed by atoms with Gasteiger partial charge in [0.1, 0.15) is 5.52 Å². The number of aliphatic hydroxyl groups excluding tert-OH is 1. The Bertz CT molecular complexity index is 522. The van der Waals surface area contributed by atoms with E-state index in [1.54, 1.807) is 0 Å². The first kappa shape index (κ1) is 9.60. The third-order valence-corrected chi connectivity index (χ3v) is 1.95. The number of hydrogen-bond donors (Lipinski definition) is 2. The molecule has 0 spiro atoms. The maximum atomic E-state index is 12.7. The molecular formula is C9H6FNO4. The fourth-order valence-corrected chi connectivity index (χ4v) is 1.30. The average Bonchev–Trinajstić information content (AvgIpc) is 2.56. The van der Waals surface area contributed by atoms with Crippen molar-refractivity contribution >= 4 is 17.1 Å². The maximum Gasteiger partial charge on any atom is 0.382 e. The third kappa shape index (κ3) is 1.55. The van der Waals surface area contributed by atoms with Crippen molar-refractivity contribution in [3.05, 3.63) is 29.9 Å². The molecule has 1 atom stereocenters. The van der Waals surface area contributed by atoms with E-state index in [4.69, 9.17) is 5.11 Å². The van der Waals surface area contributed by atoms with Gasteiger partial charge in [0.15, 0.2) is 11.7 Å². The van der Waals surface area contributed by atoms with E-state index in [0.29, 0.717) is 0 Å². The van der Waals surface area contributed by atoms with E-state index >= 15 is 0 Å². The van der Waals surface area contributed by atoms with Gasteiger partial charge in [-0.3, -0.25) is 0 Å². The highest BCUT2D eigenvalue weighted by Crippen LogP contribution is 2.24. The summed E-state index contributed by atoms with van der Waals surface area (Å²) in [6, 6.07) is 4.24. The van der Waals surface area contributed by atoms with Gasteiger partial charge < -0.3 is 14.6 Å². The minimum absolute atomic E-state index is 0.00708. The fourth-order valence-electron chi connectivity index (χ4n) is 1.30. The Balaban J connectivity index is 2.64. The van der Waals surface area contributed by atoms with Crippen molar-refractivity contribution in [1.29, 1.82) is 0 Å². The molecule has 0 radical (unpaired) electrons. The molecule has 0 aliphatic heterocycles. The zero-order valence-corrected chi connectivity index (χ0v) is 7.35. The van der Waals surface area contributed by atoms with Gasteiger partial charge in [-0.05, 0) is 6.07 Å². The van der Waals surface area contributed by atoms with Gasteiger partial charge in [-0.15, -0.1) is 4.39 Å². The Morgan fingerprint density at radius 2 is 2.27 bits per heavy atom. The molecule has 0 aliphatic rings. The molecule has 0 bridgehead atoms. The number of aliphatic carboxylic acids is 1. The first-order chi connectivity index (χ1) is 7.09. The summed E-state index contributed by atoms with van der Waals surface area (Å²) in [4.78, 5) is 13.9. The zero-order chi connectivity index (χ0) is 11.0. The van der Waals surface area contributed by atoms with Crippen LogP contribution in [0.3, 0.4) is 0 Å². The number of halogens is 1. The predicted molar refractivity (Wildman–Crippen MR) is 46.6 cm³/mol. The number of carbonyl (C=O) groups is 1. The van der Waals surface area contributed by atoms with Crippen LogP contribution >= 0.6 is 0 Å². The van der Waals surface area contributed by atoms with Crippen LogP contribution in [0.15, 0.2) is 22.6 Å². The molecule has 1 unspecified atom stereocenters.